The summed E-state index contributed by atoms with van der Waals surface area (Å²) in [6.45, 7) is 4.14. The number of benzene rings is 1. The predicted octanol–water partition coefficient (Wildman–Crippen LogP) is 3.19. The second-order valence-electron chi connectivity index (χ2n) is 8.67. The van der Waals surface area contributed by atoms with Crippen LogP contribution >= 0.6 is 0 Å². The van der Waals surface area contributed by atoms with Crippen LogP contribution in [0.3, 0.4) is 0 Å². The molecule has 3 heterocycles. The number of rotatable bonds is 5. The first-order valence-electron chi connectivity index (χ1n) is 11.1. The Morgan fingerprint density at radius 1 is 1.03 bits per heavy atom. The molecular weight excluding hydrogens is 430 g/mol. The molecule has 2 saturated heterocycles. The highest BCUT2D eigenvalue weighted by Gasteiger charge is 2.30. The molecule has 2 aromatic rings. The summed E-state index contributed by atoms with van der Waals surface area (Å²) in [5.41, 5.74) is 0.565. The Morgan fingerprint density at radius 2 is 1.75 bits per heavy atom. The van der Waals surface area contributed by atoms with Crippen LogP contribution in [0.1, 0.15) is 43.2 Å². The Hall–Kier alpha value is -2.65. The second-order valence-corrected chi connectivity index (χ2v) is 10.6. The van der Waals surface area contributed by atoms with Gasteiger partial charge >= 0.3 is 0 Å². The number of piperidine rings is 2. The van der Waals surface area contributed by atoms with Gasteiger partial charge in [-0.25, -0.2) is 8.42 Å². The fourth-order valence-corrected chi connectivity index (χ4v) is 5.97. The zero-order valence-corrected chi connectivity index (χ0v) is 19.0. The molecule has 1 N–H and O–H groups in total. The van der Waals surface area contributed by atoms with E-state index in [1.165, 1.54) is 6.26 Å². The van der Waals surface area contributed by atoms with Crippen LogP contribution in [0.25, 0.3) is 0 Å². The Morgan fingerprint density at radius 3 is 2.38 bits per heavy atom. The number of anilines is 1. The van der Waals surface area contributed by atoms with Crippen molar-refractivity contribution < 1.29 is 22.4 Å². The van der Waals surface area contributed by atoms with E-state index in [0.717, 1.165) is 12.8 Å². The number of furan rings is 1. The maximum Gasteiger partial charge on any atom is 0.289 e. The maximum atomic E-state index is 12.9. The molecule has 1 atom stereocenters. The largest absolute Gasteiger partial charge is 0.459 e. The lowest BCUT2D eigenvalue weighted by Crippen LogP contribution is -2.41. The van der Waals surface area contributed by atoms with Crippen molar-refractivity contribution in [2.45, 2.75) is 37.5 Å². The second kappa shape index (κ2) is 9.46. The van der Waals surface area contributed by atoms with E-state index < -0.39 is 10.0 Å². The van der Waals surface area contributed by atoms with Crippen molar-refractivity contribution in [3.05, 3.63) is 48.4 Å². The molecule has 1 aromatic heterocycles. The average molecular weight is 460 g/mol. The highest BCUT2D eigenvalue weighted by Crippen LogP contribution is 2.25. The van der Waals surface area contributed by atoms with E-state index in [9.17, 15) is 18.0 Å². The van der Waals surface area contributed by atoms with Gasteiger partial charge in [0.2, 0.25) is 15.9 Å². The summed E-state index contributed by atoms with van der Waals surface area (Å²) in [5.74, 6) is 0.193. The van der Waals surface area contributed by atoms with Gasteiger partial charge in [-0.05, 0) is 68.0 Å². The third kappa shape index (κ3) is 4.88. The summed E-state index contributed by atoms with van der Waals surface area (Å²) in [4.78, 5) is 27.0. The molecule has 0 aliphatic carbocycles. The monoisotopic (exact) mass is 459 g/mol. The van der Waals surface area contributed by atoms with Gasteiger partial charge in [0.05, 0.1) is 11.2 Å². The van der Waals surface area contributed by atoms with Crippen molar-refractivity contribution in [2.75, 3.05) is 31.5 Å². The molecular formula is C23H29N3O5S. The van der Waals surface area contributed by atoms with Gasteiger partial charge in [-0.1, -0.05) is 6.92 Å². The lowest BCUT2D eigenvalue weighted by atomic mass is 9.95. The molecule has 32 heavy (non-hydrogen) atoms. The van der Waals surface area contributed by atoms with Gasteiger partial charge in [-0.15, -0.1) is 0 Å². The third-order valence-electron chi connectivity index (χ3n) is 6.26. The number of nitrogens with zero attached hydrogens (tertiary/aromatic N) is 2. The average Bonchev–Trinajstić information content (AvgIpc) is 3.34. The van der Waals surface area contributed by atoms with Crippen LogP contribution in [0.4, 0.5) is 5.69 Å². The lowest BCUT2D eigenvalue weighted by molar-refractivity contribution is -0.121. The predicted molar refractivity (Wildman–Crippen MR) is 120 cm³/mol. The van der Waals surface area contributed by atoms with Gasteiger partial charge in [0.25, 0.3) is 5.91 Å². The first kappa shape index (κ1) is 22.5. The number of sulfonamides is 1. The number of amides is 2. The number of hydrogen-bond donors (Lipinski definition) is 1. The minimum Gasteiger partial charge on any atom is -0.459 e. The van der Waals surface area contributed by atoms with E-state index in [2.05, 4.69) is 12.2 Å². The maximum absolute atomic E-state index is 12.9. The molecule has 0 unspecified atom stereocenters. The summed E-state index contributed by atoms with van der Waals surface area (Å²) >= 11 is 0. The number of carbonyl (C=O) groups is 2. The highest BCUT2D eigenvalue weighted by molar-refractivity contribution is 7.89. The third-order valence-corrected chi connectivity index (χ3v) is 8.14. The first-order valence-corrected chi connectivity index (χ1v) is 12.5. The highest BCUT2D eigenvalue weighted by atomic mass is 32.2. The van der Waals surface area contributed by atoms with Gasteiger partial charge in [0.1, 0.15) is 0 Å². The van der Waals surface area contributed by atoms with Gasteiger partial charge < -0.3 is 14.6 Å². The van der Waals surface area contributed by atoms with Crippen molar-refractivity contribution in [3.8, 4) is 0 Å². The molecule has 172 valence electrons. The van der Waals surface area contributed by atoms with Crippen LogP contribution in [-0.2, 0) is 14.8 Å². The summed E-state index contributed by atoms with van der Waals surface area (Å²) < 4.78 is 32.5. The molecule has 8 nitrogen and oxygen atoms in total. The standard InChI is InChI=1S/C23H29N3O5S/c1-17-4-2-12-26(16-17)32(29,30)20-8-6-19(7-9-20)24-22(27)18-10-13-25(14-11-18)23(28)21-5-3-15-31-21/h3,5-9,15,17-18H,2,4,10-14,16H2,1H3,(H,24,27)/t17-/m1/s1. The molecule has 0 bridgehead atoms. The summed E-state index contributed by atoms with van der Waals surface area (Å²) in [7, 11) is -3.52. The zero-order chi connectivity index (χ0) is 22.7. The minimum absolute atomic E-state index is 0.115. The Balaban J connectivity index is 1.32. The molecule has 1 aromatic carbocycles. The Bertz CT molecular complexity index is 1040. The number of likely N-dealkylation sites (tertiary alicyclic amines) is 1. The van der Waals surface area contributed by atoms with Crippen LogP contribution in [0.15, 0.2) is 52.0 Å². The van der Waals surface area contributed by atoms with Crippen LogP contribution in [-0.4, -0.2) is 55.6 Å². The van der Waals surface area contributed by atoms with Gasteiger partial charge in [-0.3, -0.25) is 9.59 Å². The quantitative estimate of drug-likeness (QED) is 0.740. The van der Waals surface area contributed by atoms with Crippen molar-refractivity contribution in [3.63, 3.8) is 0 Å². The van der Waals surface area contributed by atoms with Gasteiger partial charge in [0.15, 0.2) is 5.76 Å². The molecule has 2 fully saturated rings. The summed E-state index contributed by atoms with van der Waals surface area (Å²) in [6.07, 6.45) is 4.53. The number of nitrogens with one attached hydrogen (secondary N) is 1. The molecule has 0 saturated carbocycles. The molecule has 2 aliphatic heterocycles. The normalized spacial score (nSPS) is 20.8. The molecule has 2 amide bonds. The fourth-order valence-electron chi connectivity index (χ4n) is 4.37. The van der Waals surface area contributed by atoms with E-state index in [1.807, 2.05) is 0 Å². The van der Waals surface area contributed by atoms with E-state index in [0.29, 0.717) is 56.4 Å². The van der Waals surface area contributed by atoms with Crippen LogP contribution in [0.5, 0.6) is 0 Å². The van der Waals surface area contributed by atoms with Crippen LogP contribution < -0.4 is 5.32 Å². The molecule has 9 heteroatoms. The van der Waals surface area contributed by atoms with E-state index >= 15 is 0 Å². The minimum atomic E-state index is -3.52. The first-order chi connectivity index (χ1) is 15.3. The van der Waals surface area contributed by atoms with Crippen molar-refractivity contribution in [1.29, 1.82) is 0 Å². The van der Waals surface area contributed by atoms with E-state index in [4.69, 9.17) is 4.42 Å². The van der Waals surface area contributed by atoms with Crippen molar-refractivity contribution in [2.24, 2.45) is 11.8 Å². The molecule has 4 rings (SSSR count). The van der Waals surface area contributed by atoms with Crippen LogP contribution in [0, 0.1) is 11.8 Å². The smallest absolute Gasteiger partial charge is 0.289 e. The summed E-state index contributed by atoms with van der Waals surface area (Å²) in [5, 5.41) is 2.88. The van der Waals surface area contributed by atoms with Crippen molar-refractivity contribution in [1.82, 2.24) is 9.21 Å². The van der Waals surface area contributed by atoms with Gasteiger partial charge in [0, 0.05) is 37.8 Å². The van der Waals surface area contributed by atoms with Crippen LogP contribution in [0.2, 0.25) is 0 Å². The summed E-state index contributed by atoms with van der Waals surface area (Å²) in [6, 6.07) is 9.68. The number of hydrogen-bond acceptors (Lipinski definition) is 5. The van der Waals surface area contributed by atoms with Gasteiger partial charge in [-0.2, -0.15) is 4.31 Å². The topological polar surface area (TPSA) is 99.9 Å². The molecule has 0 spiro atoms. The fraction of sp³-hybridized carbons (Fsp3) is 0.478. The van der Waals surface area contributed by atoms with Crippen molar-refractivity contribution >= 4 is 27.5 Å². The lowest BCUT2D eigenvalue weighted by Gasteiger charge is -2.31. The SMILES string of the molecule is C[C@@H]1CCCN(S(=O)(=O)c2ccc(NC(=O)C3CCN(C(=O)c4ccco4)CC3)cc2)C1. The zero-order valence-electron chi connectivity index (χ0n) is 18.2. The Kier molecular flexibility index (Phi) is 6.66. The van der Waals surface area contributed by atoms with E-state index in [1.54, 1.807) is 45.6 Å². The van der Waals surface area contributed by atoms with E-state index in [-0.39, 0.29) is 22.6 Å². The molecule has 0 radical (unpaired) electrons. The number of carbonyl (C=O) groups excluding carboxylic acids is 2. The Labute approximate surface area is 188 Å². The molecule has 2 aliphatic rings.